The summed E-state index contributed by atoms with van der Waals surface area (Å²) >= 11 is 1.27. The number of pyridine rings is 1. The van der Waals surface area contributed by atoms with E-state index in [0.29, 0.717) is 0 Å². The quantitative estimate of drug-likeness (QED) is 0.696. The average Bonchev–Trinajstić information content (AvgIpc) is 2.54. The van der Waals surface area contributed by atoms with Crippen molar-refractivity contribution in [3.8, 4) is 0 Å². The van der Waals surface area contributed by atoms with Crippen LogP contribution in [0.5, 0.6) is 0 Å². The summed E-state index contributed by atoms with van der Waals surface area (Å²) in [7, 11) is 0. The van der Waals surface area contributed by atoms with Crippen molar-refractivity contribution in [3.63, 3.8) is 0 Å². The summed E-state index contributed by atoms with van der Waals surface area (Å²) in [4.78, 5) is 4.15. The Bertz CT molecular complexity index is 250. The molecule has 1 aliphatic heterocycles. The van der Waals surface area contributed by atoms with Gasteiger partial charge < -0.3 is 0 Å². The van der Waals surface area contributed by atoms with E-state index in [9.17, 15) is 0 Å². The number of hydrogen-bond acceptors (Lipinski definition) is 2. The van der Waals surface area contributed by atoms with Gasteiger partial charge in [-0.1, -0.05) is 0 Å². The van der Waals surface area contributed by atoms with Gasteiger partial charge in [0.25, 0.3) is 0 Å². The van der Waals surface area contributed by atoms with Crippen molar-refractivity contribution in [1.29, 1.82) is 0 Å². The molecule has 1 unspecified atom stereocenters. The van der Waals surface area contributed by atoms with E-state index in [2.05, 4.69) is 14.2 Å². The molecule has 2 nitrogen and oxygen atoms in total. The van der Waals surface area contributed by atoms with Crippen molar-refractivity contribution >= 4 is 22.8 Å². The van der Waals surface area contributed by atoms with Crippen LogP contribution >= 0.6 is 0 Å². The molecule has 0 saturated carbocycles. The first-order chi connectivity index (χ1) is 5.86. The average molecular weight is 267 g/mol. The Labute approximate surface area is 86.4 Å². The second-order valence-electron chi connectivity index (χ2n) is 3.27. The molecule has 3 heteroatoms. The van der Waals surface area contributed by atoms with Crippen LogP contribution in [0.3, 0.4) is 0 Å². The summed E-state index contributed by atoms with van der Waals surface area (Å²) in [5.41, 5.74) is 1.41. The first-order valence-corrected chi connectivity index (χ1v) is 5.73. The van der Waals surface area contributed by atoms with Crippen LogP contribution in [0.25, 0.3) is 0 Å². The van der Waals surface area contributed by atoms with Crippen LogP contribution in [-0.2, 0) is 0 Å². The summed E-state index contributed by atoms with van der Waals surface area (Å²) in [5, 5.41) is 0. The van der Waals surface area contributed by atoms with E-state index < -0.39 is 0 Å². The molecule has 1 aromatic rings. The number of hydrogen-bond donors (Lipinski definition) is 0. The van der Waals surface area contributed by atoms with Gasteiger partial charge in [-0.05, 0) is 0 Å². The Morgan fingerprint density at radius 1 is 1.58 bits per heavy atom. The second kappa shape index (κ2) is 3.75. The maximum atomic E-state index is 4.15. The van der Waals surface area contributed by atoms with Crippen molar-refractivity contribution in [2.45, 2.75) is 12.3 Å². The van der Waals surface area contributed by atoms with Gasteiger partial charge in [0.1, 0.15) is 0 Å². The number of aromatic nitrogens is 1. The zero-order valence-corrected chi connectivity index (χ0v) is 10.3. The van der Waals surface area contributed by atoms with Crippen LogP contribution in [0.15, 0.2) is 24.5 Å². The number of rotatable bonds is 1. The normalized spacial score (nSPS) is 24.6. The molecule has 0 bridgehead atoms. The molecule has 1 aromatic heterocycles. The standard InChI is InChI=1S/C9H11N2.Sn.H/c1-2-8(6-10-4-1)9-3-5-11-7-9;;/h1-2,4,6,9H,3,5,7H2;;/q-1;+1;. The first-order valence-electron chi connectivity index (χ1n) is 4.26. The minimum absolute atomic E-state index is 0.744. The molecule has 0 amide bonds. The van der Waals surface area contributed by atoms with E-state index >= 15 is 0 Å². The van der Waals surface area contributed by atoms with Gasteiger partial charge in [-0.2, -0.15) is 0 Å². The Kier molecular flexibility index (Phi) is 2.65. The summed E-state index contributed by atoms with van der Waals surface area (Å²) in [6, 6.07) is 4.22. The maximum absolute atomic E-state index is 4.15. The molecule has 1 aliphatic rings. The summed E-state index contributed by atoms with van der Waals surface area (Å²) in [5.74, 6) is 0.744. The third-order valence-corrected chi connectivity index (χ3v) is 3.71. The van der Waals surface area contributed by atoms with E-state index in [1.807, 2.05) is 18.5 Å². The van der Waals surface area contributed by atoms with Gasteiger partial charge in [0.05, 0.1) is 0 Å². The van der Waals surface area contributed by atoms with E-state index in [0.717, 1.165) is 5.92 Å². The topological polar surface area (TPSA) is 16.1 Å². The van der Waals surface area contributed by atoms with Crippen molar-refractivity contribution in [2.75, 3.05) is 13.1 Å². The van der Waals surface area contributed by atoms with Crippen LogP contribution in [0.2, 0.25) is 0 Å². The fourth-order valence-electron chi connectivity index (χ4n) is 1.68. The van der Waals surface area contributed by atoms with Gasteiger partial charge >= 0.3 is 86.4 Å². The molecule has 1 fully saturated rings. The van der Waals surface area contributed by atoms with Crippen LogP contribution in [0.4, 0.5) is 0 Å². The molecule has 0 aliphatic carbocycles. The molecule has 1 saturated heterocycles. The fraction of sp³-hybridized carbons (Fsp3) is 0.444. The van der Waals surface area contributed by atoms with Crippen LogP contribution in [0, 0.1) is 0 Å². The Hall–Kier alpha value is -0.0913. The first kappa shape index (κ1) is 8.50. The van der Waals surface area contributed by atoms with E-state index in [-0.39, 0.29) is 0 Å². The Balaban J connectivity index is 2.11. The zero-order valence-electron chi connectivity index (χ0n) is 6.98. The van der Waals surface area contributed by atoms with Gasteiger partial charge in [-0.3, -0.25) is 0 Å². The molecular weight excluding hydrogens is 255 g/mol. The monoisotopic (exact) mass is 268 g/mol. The van der Waals surface area contributed by atoms with Crippen molar-refractivity contribution < 1.29 is 0 Å². The molecule has 2 rings (SSSR count). The van der Waals surface area contributed by atoms with Crippen molar-refractivity contribution in [3.05, 3.63) is 30.1 Å². The predicted molar refractivity (Wildman–Crippen MR) is 50.3 cm³/mol. The van der Waals surface area contributed by atoms with E-state index in [1.165, 1.54) is 47.9 Å². The third-order valence-electron chi connectivity index (χ3n) is 2.38. The molecule has 62 valence electrons. The Morgan fingerprint density at radius 3 is 3.08 bits per heavy atom. The molecule has 0 N–H and O–H groups in total. The van der Waals surface area contributed by atoms with Crippen LogP contribution < -0.4 is 0 Å². The van der Waals surface area contributed by atoms with Crippen molar-refractivity contribution in [2.24, 2.45) is 0 Å². The SMILES string of the molecule is [SnH][N]1CCC(c2cccnc2)C1. The van der Waals surface area contributed by atoms with Gasteiger partial charge in [0.15, 0.2) is 0 Å². The van der Waals surface area contributed by atoms with Crippen molar-refractivity contribution in [1.82, 2.24) is 8.11 Å². The molecule has 1 atom stereocenters. The minimum atomic E-state index is 0.744. The van der Waals surface area contributed by atoms with Gasteiger partial charge in [-0.15, -0.1) is 0 Å². The van der Waals surface area contributed by atoms with Crippen LogP contribution in [-0.4, -0.2) is 44.0 Å². The summed E-state index contributed by atoms with van der Waals surface area (Å²) in [6.07, 6.45) is 5.16. The second-order valence-corrected chi connectivity index (χ2v) is 5.35. The van der Waals surface area contributed by atoms with Gasteiger partial charge in [0, 0.05) is 0 Å². The predicted octanol–water partition coefficient (Wildman–Crippen LogP) is 0.687. The number of nitrogens with zero attached hydrogens (tertiary/aromatic N) is 2. The molecule has 2 radical (unpaired) electrons. The fourth-order valence-corrected chi connectivity index (χ4v) is 2.83. The molecule has 0 aromatic carbocycles. The van der Waals surface area contributed by atoms with E-state index in [1.54, 1.807) is 0 Å². The third kappa shape index (κ3) is 1.80. The molecular formula is C9H12N2Sn. The van der Waals surface area contributed by atoms with Crippen LogP contribution in [0.1, 0.15) is 17.9 Å². The van der Waals surface area contributed by atoms with E-state index in [4.69, 9.17) is 0 Å². The van der Waals surface area contributed by atoms with Gasteiger partial charge in [0.2, 0.25) is 0 Å². The zero-order chi connectivity index (χ0) is 8.39. The molecule has 0 spiro atoms. The molecule has 2 heterocycles. The summed E-state index contributed by atoms with van der Waals surface area (Å²) < 4.78 is 2.50. The van der Waals surface area contributed by atoms with Gasteiger partial charge in [-0.25, -0.2) is 0 Å². The summed E-state index contributed by atoms with van der Waals surface area (Å²) in [6.45, 7) is 2.52. The molecule has 12 heavy (non-hydrogen) atoms. The Morgan fingerprint density at radius 2 is 2.50 bits per heavy atom.